The van der Waals surface area contributed by atoms with Crippen molar-refractivity contribution >= 4 is 67.6 Å². The largest absolute Gasteiger partial charge is 0.468 e. The third kappa shape index (κ3) is 4.84. The molecular formula is C24H16BrNO6S. The third-order valence-electron chi connectivity index (χ3n) is 4.86. The van der Waals surface area contributed by atoms with Gasteiger partial charge in [-0.15, -0.1) is 0 Å². The molecule has 0 spiro atoms. The summed E-state index contributed by atoms with van der Waals surface area (Å²) < 4.78 is 10.9. The molecule has 0 aliphatic carbocycles. The van der Waals surface area contributed by atoms with E-state index in [2.05, 4.69) is 20.7 Å². The summed E-state index contributed by atoms with van der Waals surface area (Å²) in [6, 6.07) is 17.8. The number of methoxy groups -OCH3 is 1. The Kier molecular flexibility index (Phi) is 6.62. The molecular weight excluding hydrogens is 510 g/mol. The Balaban J connectivity index is 1.65. The van der Waals surface area contributed by atoms with Gasteiger partial charge in [0.05, 0.1) is 17.6 Å². The zero-order valence-corrected chi connectivity index (χ0v) is 19.6. The highest BCUT2D eigenvalue weighted by Gasteiger charge is 2.36. The molecule has 0 unspecified atom stereocenters. The minimum absolute atomic E-state index is 0.101. The van der Waals surface area contributed by atoms with Gasteiger partial charge in [-0.3, -0.25) is 19.3 Å². The Bertz CT molecular complexity index is 1330. The first-order chi connectivity index (χ1) is 15.9. The van der Waals surface area contributed by atoms with Crippen molar-refractivity contribution in [1.82, 2.24) is 4.90 Å². The maximum Gasteiger partial charge on any atom is 0.344 e. The van der Waals surface area contributed by atoms with E-state index in [1.807, 2.05) is 30.3 Å². The number of ether oxygens (including phenoxy) is 2. The Hall–Kier alpha value is -3.43. The highest BCUT2D eigenvalue weighted by Crippen LogP contribution is 2.35. The summed E-state index contributed by atoms with van der Waals surface area (Å²) >= 11 is 4.07. The number of nitrogens with zero attached hydrogens (tertiary/aromatic N) is 1. The number of carbonyl (C=O) groups is 4. The molecule has 9 heteroatoms. The highest BCUT2D eigenvalue weighted by molar-refractivity contribution is 9.10. The first-order valence-corrected chi connectivity index (χ1v) is 11.3. The van der Waals surface area contributed by atoms with E-state index in [0.29, 0.717) is 27.4 Å². The van der Waals surface area contributed by atoms with Crippen molar-refractivity contribution in [3.05, 3.63) is 81.2 Å². The van der Waals surface area contributed by atoms with Gasteiger partial charge >= 0.3 is 11.9 Å². The van der Waals surface area contributed by atoms with Gasteiger partial charge in [-0.05, 0) is 52.9 Å². The lowest BCUT2D eigenvalue weighted by molar-refractivity contribution is -0.143. The monoisotopic (exact) mass is 525 g/mol. The number of halogens is 1. The van der Waals surface area contributed by atoms with Gasteiger partial charge in [-0.1, -0.05) is 52.3 Å². The topological polar surface area (TPSA) is 90.0 Å². The Labute approximate surface area is 201 Å². The summed E-state index contributed by atoms with van der Waals surface area (Å²) in [6.45, 7) is -0.472. The molecule has 2 amide bonds. The fraction of sp³-hybridized carbons (Fsp3) is 0.0833. The standard InChI is InChI=1S/C24H16BrNO6S/c1-31-21(27)13-26-22(28)20(33-24(26)30)12-15-11-16(25)9-10-19(15)32-23(29)18-8-4-6-14-5-2-3-7-17(14)18/h2-12H,13H2,1H3/b20-12-. The number of rotatable bonds is 5. The summed E-state index contributed by atoms with van der Waals surface area (Å²) in [5.41, 5.74) is 0.821. The number of thioether (sulfide) groups is 1. The molecule has 0 atom stereocenters. The molecule has 3 aromatic carbocycles. The van der Waals surface area contributed by atoms with Gasteiger partial charge in [0.2, 0.25) is 0 Å². The summed E-state index contributed by atoms with van der Waals surface area (Å²) in [5.74, 6) is -1.66. The number of benzene rings is 3. The van der Waals surface area contributed by atoms with E-state index in [9.17, 15) is 19.2 Å². The second-order valence-corrected chi connectivity index (χ2v) is 8.85. The molecule has 0 saturated carbocycles. The van der Waals surface area contributed by atoms with Crippen LogP contribution in [0.2, 0.25) is 0 Å². The number of esters is 2. The number of fused-ring (bicyclic) bond motifs is 1. The fourth-order valence-corrected chi connectivity index (χ4v) is 4.46. The predicted octanol–water partition coefficient (Wildman–Crippen LogP) is 5.03. The molecule has 3 aromatic rings. The molecule has 0 bridgehead atoms. The van der Waals surface area contributed by atoms with Gasteiger partial charge in [-0.25, -0.2) is 4.79 Å². The summed E-state index contributed by atoms with van der Waals surface area (Å²) in [4.78, 5) is 50.3. The average Bonchev–Trinajstić information content (AvgIpc) is 3.07. The van der Waals surface area contributed by atoms with Crippen molar-refractivity contribution in [2.24, 2.45) is 0 Å². The Morgan fingerprint density at radius 3 is 2.61 bits per heavy atom. The van der Waals surface area contributed by atoms with Crippen molar-refractivity contribution in [1.29, 1.82) is 0 Å². The molecule has 1 heterocycles. The maximum absolute atomic E-state index is 13.0. The SMILES string of the molecule is COC(=O)CN1C(=O)S/C(=C\c2cc(Br)ccc2OC(=O)c2cccc3ccccc23)C1=O. The normalized spacial score (nSPS) is 14.7. The molecule has 4 rings (SSSR count). The van der Waals surface area contributed by atoms with E-state index < -0.39 is 29.6 Å². The van der Waals surface area contributed by atoms with Crippen LogP contribution in [0.5, 0.6) is 5.75 Å². The Morgan fingerprint density at radius 1 is 1.06 bits per heavy atom. The van der Waals surface area contributed by atoms with E-state index in [0.717, 1.165) is 15.7 Å². The summed E-state index contributed by atoms with van der Waals surface area (Å²) in [6.07, 6.45) is 1.46. The molecule has 166 valence electrons. The molecule has 0 radical (unpaired) electrons. The zero-order chi connectivity index (χ0) is 23.5. The van der Waals surface area contributed by atoms with Crippen LogP contribution in [0.25, 0.3) is 16.8 Å². The van der Waals surface area contributed by atoms with Crippen LogP contribution in [0.4, 0.5) is 4.79 Å². The number of imide groups is 1. The molecule has 1 fully saturated rings. The number of hydrogen-bond acceptors (Lipinski definition) is 7. The minimum atomic E-state index is -0.703. The van der Waals surface area contributed by atoms with Gasteiger partial charge in [-0.2, -0.15) is 0 Å². The van der Waals surface area contributed by atoms with Crippen LogP contribution in [-0.4, -0.2) is 41.6 Å². The molecule has 0 aromatic heterocycles. The Morgan fingerprint density at radius 2 is 1.82 bits per heavy atom. The maximum atomic E-state index is 13.0. The minimum Gasteiger partial charge on any atom is -0.468 e. The van der Waals surface area contributed by atoms with Crippen LogP contribution in [0.1, 0.15) is 15.9 Å². The second-order valence-electron chi connectivity index (χ2n) is 6.94. The second kappa shape index (κ2) is 9.60. The summed E-state index contributed by atoms with van der Waals surface area (Å²) in [5, 5.41) is 1.08. The number of amides is 2. The van der Waals surface area contributed by atoms with Crippen molar-refractivity contribution in [3.8, 4) is 5.75 Å². The molecule has 1 aliphatic rings. The van der Waals surface area contributed by atoms with Gasteiger partial charge < -0.3 is 9.47 Å². The fourth-order valence-electron chi connectivity index (χ4n) is 3.25. The first-order valence-electron chi connectivity index (χ1n) is 9.69. The average molecular weight is 526 g/mol. The van der Waals surface area contributed by atoms with Crippen LogP contribution >= 0.6 is 27.7 Å². The smallest absolute Gasteiger partial charge is 0.344 e. The van der Waals surface area contributed by atoms with Crippen molar-refractivity contribution < 1.29 is 28.7 Å². The van der Waals surface area contributed by atoms with Crippen LogP contribution in [0.3, 0.4) is 0 Å². The van der Waals surface area contributed by atoms with Crippen LogP contribution in [0.15, 0.2) is 70.0 Å². The van der Waals surface area contributed by atoms with Crippen LogP contribution in [0, 0.1) is 0 Å². The highest BCUT2D eigenvalue weighted by atomic mass is 79.9. The van der Waals surface area contributed by atoms with E-state index in [1.54, 1.807) is 30.3 Å². The predicted molar refractivity (Wildman–Crippen MR) is 128 cm³/mol. The first kappa shape index (κ1) is 22.8. The molecule has 0 N–H and O–H groups in total. The van der Waals surface area contributed by atoms with Crippen molar-refractivity contribution in [2.45, 2.75) is 0 Å². The van der Waals surface area contributed by atoms with E-state index in [1.165, 1.54) is 13.2 Å². The van der Waals surface area contributed by atoms with Gasteiger partial charge in [0.1, 0.15) is 12.3 Å². The third-order valence-corrected chi connectivity index (χ3v) is 6.26. The van der Waals surface area contributed by atoms with Gasteiger partial charge in [0.25, 0.3) is 11.1 Å². The lowest BCUT2D eigenvalue weighted by Crippen LogP contribution is -2.34. The molecule has 1 aliphatic heterocycles. The van der Waals surface area contributed by atoms with Crippen molar-refractivity contribution in [2.75, 3.05) is 13.7 Å². The molecule has 7 nitrogen and oxygen atoms in total. The molecule has 33 heavy (non-hydrogen) atoms. The van der Waals surface area contributed by atoms with Gasteiger partial charge in [0, 0.05) is 10.0 Å². The lowest BCUT2D eigenvalue weighted by atomic mass is 10.0. The molecule has 1 saturated heterocycles. The zero-order valence-electron chi connectivity index (χ0n) is 17.2. The lowest BCUT2D eigenvalue weighted by Gasteiger charge is -2.11. The van der Waals surface area contributed by atoms with Crippen LogP contribution in [-0.2, 0) is 14.3 Å². The van der Waals surface area contributed by atoms with E-state index in [-0.39, 0.29) is 10.7 Å². The number of hydrogen-bond donors (Lipinski definition) is 0. The number of carbonyl (C=O) groups excluding carboxylic acids is 4. The van der Waals surface area contributed by atoms with E-state index >= 15 is 0 Å². The van der Waals surface area contributed by atoms with Crippen molar-refractivity contribution in [3.63, 3.8) is 0 Å². The quantitative estimate of drug-likeness (QED) is 0.262. The van der Waals surface area contributed by atoms with Crippen LogP contribution < -0.4 is 4.74 Å². The van der Waals surface area contributed by atoms with Gasteiger partial charge in [0.15, 0.2) is 0 Å². The summed E-state index contributed by atoms with van der Waals surface area (Å²) in [7, 11) is 1.18. The van der Waals surface area contributed by atoms with E-state index in [4.69, 9.17) is 4.74 Å².